The van der Waals surface area contributed by atoms with E-state index in [2.05, 4.69) is 38.1 Å². The molecular weight excluding hydrogens is 431 g/mol. The predicted octanol–water partition coefficient (Wildman–Crippen LogP) is 3.26. The minimum atomic E-state index is -2.70. The molecule has 3 rings (SSSR count). The molecule has 162 valence electrons. The highest BCUT2D eigenvalue weighted by Gasteiger charge is 2.09. The molecule has 7 nitrogen and oxygen atoms in total. The van der Waals surface area contributed by atoms with E-state index in [1.54, 1.807) is 30.3 Å². The first-order valence-electron chi connectivity index (χ1n) is 9.23. The number of hydrogen-bond acceptors (Lipinski definition) is 4. The van der Waals surface area contributed by atoms with Crippen molar-refractivity contribution in [2.45, 2.75) is 0 Å². The number of para-hydroxylation sites is 1. The fraction of sp³-hybridized carbons (Fsp3) is 0.0435. The van der Waals surface area contributed by atoms with Gasteiger partial charge in [-0.2, -0.15) is 0 Å². The van der Waals surface area contributed by atoms with Gasteiger partial charge in [0.25, 0.3) is 5.91 Å². The molecule has 1 atom stereocenters. The van der Waals surface area contributed by atoms with Crippen LogP contribution in [0.15, 0.2) is 67.0 Å². The third-order valence-electron chi connectivity index (χ3n) is 3.90. The van der Waals surface area contributed by atoms with Gasteiger partial charge in [0.2, 0.25) is 0 Å². The van der Waals surface area contributed by atoms with Gasteiger partial charge in [-0.25, -0.2) is 13.4 Å². The Hall–Kier alpha value is -4.16. The number of halogens is 1. The van der Waals surface area contributed by atoms with Crippen LogP contribution in [0.3, 0.4) is 0 Å². The van der Waals surface area contributed by atoms with Gasteiger partial charge >= 0.3 is 6.03 Å². The highest BCUT2D eigenvalue weighted by molar-refractivity contribution is 7.98. The van der Waals surface area contributed by atoms with Crippen molar-refractivity contribution in [1.82, 2.24) is 9.71 Å². The van der Waals surface area contributed by atoms with Gasteiger partial charge in [-0.1, -0.05) is 30.0 Å². The first-order chi connectivity index (χ1) is 15.2. The second kappa shape index (κ2) is 9.76. The second-order valence-electron chi connectivity index (χ2n) is 6.79. The highest BCUT2D eigenvalue weighted by atomic mass is 32.2. The Balaban J connectivity index is 1.71. The van der Waals surface area contributed by atoms with Gasteiger partial charge in [-0.05, 0) is 42.3 Å². The van der Waals surface area contributed by atoms with E-state index in [-0.39, 0.29) is 11.3 Å². The van der Waals surface area contributed by atoms with E-state index in [1.807, 2.05) is 0 Å². The van der Waals surface area contributed by atoms with E-state index in [4.69, 9.17) is 0 Å². The zero-order chi connectivity index (χ0) is 23.1. The standard InChI is InChI=1S/C23H19FN4O3S/c1-32(2,31)28-22(29)18-12-17(14-25-15-18)11-10-16-6-5-7-19(13-16)26-23(30)27-21-9-4-3-8-20(21)24/h3-9,12-15H,1H2,2H3,(H2,26,27,30)(H,28,29,31). The van der Waals surface area contributed by atoms with Crippen LogP contribution in [-0.2, 0) is 9.71 Å². The Labute approximate surface area is 185 Å². The number of pyridine rings is 1. The van der Waals surface area contributed by atoms with Crippen LogP contribution in [-0.4, -0.2) is 33.3 Å². The summed E-state index contributed by atoms with van der Waals surface area (Å²) < 4.78 is 27.6. The SMILES string of the molecule is C=S(C)(=O)NC(=O)c1cncc(C#Cc2cccc(NC(=O)Nc3ccccc3F)c2)c1. The molecule has 1 heterocycles. The number of benzene rings is 2. The monoisotopic (exact) mass is 450 g/mol. The molecule has 0 radical (unpaired) electrons. The summed E-state index contributed by atoms with van der Waals surface area (Å²) in [6, 6.07) is 13.5. The summed E-state index contributed by atoms with van der Waals surface area (Å²) in [6.07, 6.45) is 4.14. The zero-order valence-corrected chi connectivity index (χ0v) is 17.8. The van der Waals surface area contributed by atoms with Gasteiger partial charge in [0, 0.05) is 45.2 Å². The number of nitrogens with zero attached hydrogens (tertiary/aromatic N) is 1. The van der Waals surface area contributed by atoms with E-state index in [9.17, 15) is 18.2 Å². The number of aromatic nitrogens is 1. The summed E-state index contributed by atoms with van der Waals surface area (Å²) in [4.78, 5) is 28.2. The van der Waals surface area contributed by atoms with Crippen molar-refractivity contribution in [3.8, 4) is 11.8 Å². The second-order valence-corrected chi connectivity index (χ2v) is 9.00. The first-order valence-corrected chi connectivity index (χ1v) is 11.4. The number of rotatable bonds is 4. The Morgan fingerprint density at radius 3 is 2.50 bits per heavy atom. The minimum absolute atomic E-state index is 0.0649. The lowest BCUT2D eigenvalue weighted by Gasteiger charge is -2.08. The molecule has 32 heavy (non-hydrogen) atoms. The van der Waals surface area contributed by atoms with E-state index in [0.717, 1.165) is 0 Å². The number of nitrogens with one attached hydrogen (secondary N) is 3. The summed E-state index contributed by atoms with van der Waals surface area (Å²) >= 11 is 0. The van der Waals surface area contributed by atoms with Gasteiger partial charge in [0.1, 0.15) is 5.82 Å². The topological polar surface area (TPSA) is 100 Å². The van der Waals surface area contributed by atoms with Gasteiger partial charge in [0.05, 0.1) is 11.3 Å². The fourth-order valence-corrected chi connectivity index (χ4v) is 3.06. The molecule has 0 aliphatic rings. The third-order valence-corrected chi connectivity index (χ3v) is 4.52. The Kier molecular flexibility index (Phi) is 6.87. The van der Waals surface area contributed by atoms with Crippen molar-refractivity contribution in [1.29, 1.82) is 0 Å². The van der Waals surface area contributed by atoms with Crippen LogP contribution < -0.4 is 15.4 Å². The lowest BCUT2D eigenvalue weighted by Crippen LogP contribution is -2.29. The Morgan fingerprint density at radius 2 is 1.75 bits per heavy atom. The van der Waals surface area contributed by atoms with Gasteiger partial charge in [-0.3, -0.25) is 14.5 Å². The fourth-order valence-electron chi connectivity index (χ4n) is 2.55. The number of urea groups is 1. The van der Waals surface area contributed by atoms with Crippen molar-refractivity contribution in [3.05, 3.63) is 89.5 Å². The number of anilines is 2. The zero-order valence-electron chi connectivity index (χ0n) is 17.0. The largest absolute Gasteiger partial charge is 0.323 e. The van der Waals surface area contributed by atoms with Crippen LogP contribution >= 0.6 is 0 Å². The normalized spacial score (nSPS) is 11.9. The van der Waals surface area contributed by atoms with E-state index in [1.165, 1.54) is 42.9 Å². The summed E-state index contributed by atoms with van der Waals surface area (Å²) in [5.41, 5.74) is 1.80. The maximum atomic E-state index is 13.7. The lowest BCUT2D eigenvalue weighted by molar-refractivity contribution is 0.0982. The molecule has 3 aromatic rings. The number of amides is 3. The molecule has 0 fully saturated rings. The molecule has 1 aromatic heterocycles. The van der Waals surface area contributed by atoms with Crippen LogP contribution in [0.5, 0.6) is 0 Å². The summed E-state index contributed by atoms with van der Waals surface area (Å²) in [7, 11) is -2.70. The smallest absolute Gasteiger partial charge is 0.308 e. The van der Waals surface area contributed by atoms with Crippen LogP contribution in [0.1, 0.15) is 21.5 Å². The van der Waals surface area contributed by atoms with Crippen LogP contribution in [0.4, 0.5) is 20.6 Å². The van der Waals surface area contributed by atoms with Crippen molar-refractivity contribution in [2.24, 2.45) is 0 Å². The van der Waals surface area contributed by atoms with Gasteiger partial charge in [0.15, 0.2) is 0 Å². The number of carbonyl (C=O) groups is 2. The maximum absolute atomic E-state index is 13.7. The molecule has 0 saturated heterocycles. The van der Waals surface area contributed by atoms with E-state index < -0.39 is 27.5 Å². The predicted molar refractivity (Wildman–Crippen MR) is 124 cm³/mol. The molecule has 2 aromatic carbocycles. The van der Waals surface area contributed by atoms with E-state index in [0.29, 0.717) is 16.8 Å². The first kappa shape index (κ1) is 22.5. The number of hydrogen-bond donors (Lipinski definition) is 3. The quantitative estimate of drug-likeness (QED) is 0.420. The Morgan fingerprint density at radius 1 is 1.00 bits per heavy atom. The summed E-state index contributed by atoms with van der Waals surface area (Å²) in [5.74, 6) is 8.10. The molecule has 3 N–H and O–H groups in total. The maximum Gasteiger partial charge on any atom is 0.323 e. The van der Waals surface area contributed by atoms with Crippen LogP contribution in [0.2, 0.25) is 0 Å². The lowest BCUT2D eigenvalue weighted by atomic mass is 10.1. The minimum Gasteiger partial charge on any atom is -0.308 e. The summed E-state index contributed by atoms with van der Waals surface area (Å²) in [5, 5.41) is 5.06. The molecule has 0 aliphatic heterocycles. The van der Waals surface area contributed by atoms with Crippen LogP contribution in [0.25, 0.3) is 0 Å². The molecular formula is C23H19FN4O3S. The number of carbonyl (C=O) groups excluding carboxylic acids is 2. The molecule has 0 saturated carbocycles. The van der Waals surface area contributed by atoms with Crippen molar-refractivity contribution < 1.29 is 18.2 Å². The Bertz CT molecular complexity index is 1340. The van der Waals surface area contributed by atoms with Gasteiger partial charge < -0.3 is 10.6 Å². The van der Waals surface area contributed by atoms with Crippen molar-refractivity contribution in [2.75, 3.05) is 16.9 Å². The third kappa shape index (κ3) is 6.68. The van der Waals surface area contributed by atoms with Gasteiger partial charge in [-0.15, -0.1) is 0 Å². The molecule has 0 aliphatic carbocycles. The molecule has 9 heteroatoms. The van der Waals surface area contributed by atoms with Crippen LogP contribution in [0, 0.1) is 17.7 Å². The molecule has 3 amide bonds. The molecule has 0 spiro atoms. The van der Waals surface area contributed by atoms with Crippen molar-refractivity contribution >= 4 is 38.9 Å². The highest BCUT2D eigenvalue weighted by Crippen LogP contribution is 2.14. The average Bonchev–Trinajstić information content (AvgIpc) is 2.73. The molecule has 0 bridgehead atoms. The van der Waals surface area contributed by atoms with E-state index >= 15 is 0 Å². The van der Waals surface area contributed by atoms with Crippen molar-refractivity contribution in [3.63, 3.8) is 0 Å². The molecule has 1 unspecified atom stereocenters. The summed E-state index contributed by atoms with van der Waals surface area (Å²) in [6.45, 7) is 0. The average molecular weight is 450 g/mol.